The van der Waals surface area contributed by atoms with Crippen LogP contribution in [0.15, 0.2) is 0 Å². The van der Waals surface area contributed by atoms with Crippen molar-refractivity contribution in [1.29, 1.82) is 0 Å². The molecule has 0 N–H and O–H groups in total. The second-order valence-electron chi connectivity index (χ2n) is 5.68. The van der Waals surface area contributed by atoms with Gasteiger partial charge in [0.15, 0.2) is 0 Å². The lowest BCUT2D eigenvalue weighted by atomic mass is 9.79. The molecule has 0 aromatic rings. The maximum atomic E-state index is 2.49. The first-order chi connectivity index (χ1) is 6.54. The van der Waals surface area contributed by atoms with E-state index >= 15 is 0 Å². The summed E-state index contributed by atoms with van der Waals surface area (Å²) in [6, 6.07) is 0. The van der Waals surface area contributed by atoms with Crippen LogP contribution in [0.2, 0.25) is 0 Å². The molecule has 0 heteroatoms. The molecule has 0 aliphatic heterocycles. The molecule has 1 rings (SSSR count). The molecule has 5 unspecified atom stereocenters. The molecule has 1 aliphatic rings. The average Bonchev–Trinajstić information content (AvgIpc) is 2.76. The summed E-state index contributed by atoms with van der Waals surface area (Å²) in [6.07, 6.45) is 2.75. The van der Waals surface area contributed by atoms with Gasteiger partial charge in [-0.1, -0.05) is 54.4 Å². The Bertz CT molecular complexity index is 171. The molecule has 0 radical (unpaired) electrons. The van der Waals surface area contributed by atoms with Crippen molar-refractivity contribution in [3.63, 3.8) is 0 Å². The molecule has 5 atom stereocenters. The predicted molar refractivity (Wildman–Crippen MR) is 64.2 cm³/mol. The quantitative estimate of drug-likeness (QED) is 0.603. The third-order valence-corrected chi connectivity index (χ3v) is 4.72. The van der Waals surface area contributed by atoms with Crippen LogP contribution < -0.4 is 0 Å². The molecule has 0 heterocycles. The Kier molecular flexibility index (Phi) is 4.04. The predicted octanol–water partition coefficient (Wildman–Crippen LogP) is 4.60. The van der Waals surface area contributed by atoms with Crippen molar-refractivity contribution in [3.05, 3.63) is 0 Å². The second kappa shape index (κ2) is 4.68. The fourth-order valence-electron chi connectivity index (χ4n) is 3.83. The van der Waals surface area contributed by atoms with Crippen LogP contribution in [0.4, 0.5) is 0 Å². The highest BCUT2D eigenvalue weighted by Gasteiger charge is 2.49. The van der Waals surface area contributed by atoms with Gasteiger partial charge in [-0.3, -0.25) is 0 Å². The van der Waals surface area contributed by atoms with Crippen molar-refractivity contribution in [2.75, 3.05) is 0 Å². The van der Waals surface area contributed by atoms with Crippen LogP contribution >= 0.6 is 0 Å². The fourth-order valence-corrected chi connectivity index (χ4v) is 3.83. The Labute approximate surface area is 90.5 Å². The topological polar surface area (TPSA) is 0 Å². The molecule has 1 aliphatic carbocycles. The molecule has 0 saturated heterocycles. The SMILES string of the molecule is CCC(C(C)C)C(C)C1C(C)C1CC. The van der Waals surface area contributed by atoms with E-state index in [1.807, 2.05) is 0 Å². The smallest absolute Gasteiger partial charge is 0.0326 e. The zero-order valence-corrected chi connectivity index (χ0v) is 10.9. The summed E-state index contributed by atoms with van der Waals surface area (Å²) >= 11 is 0. The Morgan fingerprint density at radius 2 is 1.64 bits per heavy atom. The summed E-state index contributed by atoms with van der Waals surface area (Å²) in [5.74, 6) is 5.83. The van der Waals surface area contributed by atoms with Crippen LogP contribution in [0.1, 0.15) is 54.4 Å². The first-order valence-electron chi connectivity index (χ1n) is 6.54. The molecule has 0 nitrogen and oxygen atoms in total. The zero-order chi connectivity index (χ0) is 10.9. The molecular weight excluding hydrogens is 168 g/mol. The summed E-state index contributed by atoms with van der Waals surface area (Å²) in [5, 5.41) is 0. The summed E-state index contributed by atoms with van der Waals surface area (Å²) in [4.78, 5) is 0. The van der Waals surface area contributed by atoms with Crippen molar-refractivity contribution in [2.24, 2.45) is 35.5 Å². The maximum absolute atomic E-state index is 2.49. The van der Waals surface area contributed by atoms with E-state index in [0.29, 0.717) is 0 Å². The van der Waals surface area contributed by atoms with E-state index in [1.165, 1.54) is 12.8 Å². The molecule has 0 aromatic carbocycles. The van der Waals surface area contributed by atoms with Crippen LogP contribution in [0.3, 0.4) is 0 Å². The third-order valence-electron chi connectivity index (χ3n) is 4.72. The summed E-state index contributed by atoms with van der Waals surface area (Å²) < 4.78 is 0. The van der Waals surface area contributed by atoms with Crippen molar-refractivity contribution in [2.45, 2.75) is 54.4 Å². The minimum absolute atomic E-state index is 0.861. The van der Waals surface area contributed by atoms with Gasteiger partial charge in [-0.15, -0.1) is 0 Å². The van der Waals surface area contributed by atoms with Gasteiger partial charge in [0.25, 0.3) is 0 Å². The highest BCUT2D eigenvalue weighted by atomic mass is 14.5. The van der Waals surface area contributed by atoms with Crippen molar-refractivity contribution >= 4 is 0 Å². The van der Waals surface area contributed by atoms with Crippen LogP contribution in [-0.4, -0.2) is 0 Å². The first kappa shape index (κ1) is 12.1. The maximum Gasteiger partial charge on any atom is -0.0326 e. The fraction of sp³-hybridized carbons (Fsp3) is 1.00. The van der Waals surface area contributed by atoms with Crippen LogP contribution in [0.25, 0.3) is 0 Å². The average molecular weight is 196 g/mol. The van der Waals surface area contributed by atoms with Crippen molar-refractivity contribution in [1.82, 2.24) is 0 Å². The van der Waals surface area contributed by atoms with E-state index in [0.717, 1.165) is 35.5 Å². The Morgan fingerprint density at radius 1 is 1.07 bits per heavy atom. The molecule has 0 bridgehead atoms. The van der Waals surface area contributed by atoms with Crippen molar-refractivity contribution in [3.8, 4) is 0 Å². The number of rotatable bonds is 5. The number of hydrogen-bond donors (Lipinski definition) is 0. The van der Waals surface area contributed by atoms with Gasteiger partial charge in [-0.25, -0.2) is 0 Å². The summed E-state index contributed by atoms with van der Waals surface area (Å²) in [5.41, 5.74) is 0. The molecule has 0 aromatic heterocycles. The largest absolute Gasteiger partial charge is 0.0651 e. The molecule has 0 amide bonds. The lowest BCUT2D eigenvalue weighted by molar-refractivity contribution is 0.225. The Hall–Kier alpha value is 0. The van der Waals surface area contributed by atoms with E-state index in [-0.39, 0.29) is 0 Å². The zero-order valence-electron chi connectivity index (χ0n) is 10.9. The van der Waals surface area contributed by atoms with E-state index in [4.69, 9.17) is 0 Å². The Balaban J connectivity index is 2.52. The van der Waals surface area contributed by atoms with Gasteiger partial charge in [0.1, 0.15) is 0 Å². The van der Waals surface area contributed by atoms with Gasteiger partial charge in [0, 0.05) is 0 Å². The minimum atomic E-state index is 0.861. The van der Waals surface area contributed by atoms with Crippen LogP contribution in [-0.2, 0) is 0 Å². The van der Waals surface area contributed by atoms with E-state index < -0.39 is 0 Å². The van der Waals surface area contributed by atoms with Gasteiger partial charge in [0.05, 0.1) is 0 Å². The molecule has 14 heavy (non-hydrogen) atoms. The summed E-state index contributed by atoms with van der Waals surface area (Å²) in [7, 11) is 0. The highest BCUT2D eigenvalue weighted by Crippen LogP contribution is 2.55. The highest BCUT2D eigenvalue weighted by molar-refractivity contribution is 4.97. The van der Waals surface area contributed by atoms with Gasteiger partial charge in [-0.05, 0) is 35.5 Å². The van der Waals surface area contributed by atoms with Gasteiger partial charge >= 0.3 is 0 Å². The van der Waals surface area contributed by atoms with Gasteiger partial charge < -0.3 is 0 Å². The molecule has 84 valence electrons. The van der Waals surface area contributed by atoms with Crippen molar-refractivity contribution < 1.29 is 0 Å². The van der Waals surface area contributed by atoms with E-state index in [2.05, 4.69) is 41.5 Å². The standard InChI is InChI=1S/C14H28/c1-7-12(9(3)4)10(5)14-11(6)13(14)8-2/h9-14H,7-8H2,1-6H3. The molecule has 1 saturated carbocycles. The molecule has 1 fully saturated rings. The van der Waals surface area contributed by atoms with Crippen LogP contribution in [0.5, 0.6) is 0 Å². The minimum Gasteiger partial charge on any atom is -0.0651 e. The monoisotopic (exact) mass is 196 g/mol. The van der Waals surface area contributed by atoms with Crippen LogP contribution in [0, 0.1) is 35.5 Å². The molecular formula is C14H28. The normalized spacial score (nSPS) is 35.8. The third kappa shape index (κ3) is 2.15. The summed E-state index contributed by atoms with van der Waals surface area (Å²) in [6.45, 7) is 14.4. The second-order valence-corrected chi connectivity index (χ2v) is 5.68. The lowest BCUT2D eigenvalue weighted by Crippen LogP contribution is -2.19. The van der Waals surface area contributed by atoms with Gasteiger partial charge in [-0.2, -0.15) is 0 Å². The van der Waals surface area contributed by atoms with E-state index in [1.54, 1.807) is 0 Å². The van der Waals surface area contributed by atoms with Gasteiger partial charge in [0.2, 0.25) is 0 Å². The first-order valence-corrected chi connectivity index (χ1v) is 6.54. The number of hydrogen-bond acceptors (Lipinski definition) is 0. The Morgan fingerprint density at radius 3 is 1.93 bits per heavy atom. The lowest BCUT2D eigenvalue weighted by Gasteiger charge is -2.27. The molecule has 0 spiro atoms. The van der Waals surface area contributed by atoms with E-state index in [9.17, 15) is 0 Å².